The Labute approximate surface area is 193 Å². The van der Waals surface area contributed by atoms with Gasteiger partial charge in [0, 0.05) is 23.3 Å². The normalized spacial score (nSPS) is 17.3. The molecular formula is C24H25ClFN3O2S. The van der Waals surface area contributed by atoms with E-state index in [1.165, 1.54) is 23.8 Å². The first-order valence-electron chi connectivity index (χ1n) is 10.6. The van der Waals surface area contributed by atoms with Crippen molar-refractivity contribution in [3.63, 3.8) is 0 Å². The smallest absolute Gasteiger partial charge is 0.266 e. The van der Waals surface area contributed by atoms with Crippen LogP contribution in [0.1, 0.15) is 42.1 Å². The number of piperidine rings is 1. The highest BCUT2D eigenvalue weighted by molar-refractivity contribution is 7.92. The van der Waals surface area contributed by atoms with Gasteiger partial charge in [0.2, 0.25) is 0 Å². The number of nitrogens with one attached hydrogen (secondary N) is 1. The van der Waals surface area contributed by atoms with Crippen molar-refractivity contribution in [3.8, 4) is 0 Å². The summed E-state index contributed by atoms with van der Waals surface area (Å²) in [5, 5.41) is 0.223. The minimum atomic E-state index is -4.17. The standard InChI is InChI=1S/C24H25ClFN3O2S/c1-17-8-7-12-24(27-17)28-32(30,31)23-15-20(25)19(14-21(23)26)16-29-13-6-5-11-22(29)18-9-3-2-4-10-18/h2-4,7-10,12,14-15,22H,5-6,11,13,16H2,1H3,(H,27,28)/t22-/m1/s1. The number of hydrogen-bond donors (Lipinski definition) is 1. The highest BCUT2D eigenvalue weighted by Crippen LogP contribution is 2.34. The molecule has 32 heavy (non-hydrogen) atoms. The minimum Gasteiger partial charge on any atom is -0.292 e. The first-order valence-corrected chi connectivity index (χ1v) is 12.4. The fourth-order valence-corrected chi connectivity index (χ4v) is 5.52. The van der Waals surface area contributed by atoms with Gasteiger partial charge in [0.1, 0.15) is 16.5 Å². The molecule has 2 aromatic carbocycles. The van der Waals surface area contributed by atoms with E-state index < -0.39 is 20.7 Å². The molecule has 1 fully saturated rings. The van der Waals surface area contributed by atoms with Crippen molar-refractivity contribution in [2.24, 2.45) is 0 Å². The van der Waals surface area contributed by atoms with Gasteiger partial charge >= 0.3 is 0 Å². The van der Waals surface area contributed by atoms with Gasteiger partial charge in [-0.15, -0.1) is 0 Å². The summed E-state index contributed by atoms with van der Waals surface area (Å²) in [7, 11) is -4.17. The number of rotatable bonds is 6. The van der Waals surface area contributed by atoms with Gasteiger partial charge in [-0.05, 0) is 61.7 Å². The molecule has 0 unspecified atom stereocenters. The Balaban J connectivity index is 1.58. The van der Waals surface area contributed by atoms with E-state index in [2.05, 4.69) is 26.7 Å². The summed E-state index contributed by atoms with van der Waals surface area (Å²) in [5.41, 5.74) is 2.44. The Kier molecular flexibility index (Phi) is 6.79. The number of aryl methyl sites for hydroxylation is 1. The van der Waals surface area contributed by atoms with Crippen LogP contribution in [0.5, 0.6) is 0 Å². The van der Waals surface area contributed by atoms with Crippen LogP contribution in [-0.4, -0.2) is 24.8 Å². The summed E-state index contributed by atoms with van der Waals surface area (Å²) in [4.78, 5) is 5.90. The third-order valence-corrected chi connectivity index (χ3v) is 7.41. The summed E-state index contributed by atoms with van der Waals surface area (Å²) in [6.45, 7) is 3.06. The van der Waals surface area contributed by atoms with Crippen LogP contribution in [0.15, 0.2) is 65.6 Å². The van der Waals surface area contributed by atoms with Crippen LogP contribution in [0.3, 0.4) is 0 Å². The predicted molar refractivity (Wildman–Crippen MR) is 125 cm³/mol. The minimum absolute atomic E-state index is 0.128. The monoisotopic (exact) mass is 473 g/mol. The molecule has 0 aliphatic carbocycles. The van der Waals surface area contributed by atoms with Crippen molar-refractivity contribution in [2.75, 3.05) is 11.3 Å². The van der Waals surface area contributed by atoms with E-state index in [1.807, 2.05) is 18.2 Å². The molecule has 2 heterocycles. The molecule has 0 saturated carbocycles. The Morgan fingerprint density at radius 2 is 1.91 bits per heavy atom. The lowest BCUT2D eigenvalue weighted by Crippen LogP contribution is -2.33. The number of aromatic nitrogens is 1. The van der Waals surface area contributed by atoms with Gasteiger partial charge < -0.3 is 0 Å². The van der Waals surface area contributed by atoms with Crippen LogP contribution in [-0.2, 0) is 16.6 Å². The number of benzene rings is 2. The summed E-state index contributed by atoms with van der Waals surface area (Å²) in [5.74, 6) is -0.707. The number of nitrogens with zero attached hydrogens (tertiary/aromatic N) is 2. The Morgan fingerprint density at radius 3 is 2.66 bits per heavy atom. The van der Waals surface area contributed by atoms with Gasteiger partial charge in [-0.3, -0.25) is 9.62 Å². The maximum atomic E-state index is 15.0. The maximum absolute atomic E-state index is 15.0. The first-order chi connectivity index (χ1) is 15.3. The van der Waals surface area contributed by atoms with Crippen LogP contribution in [0, 0.1) is 12.7 Å². The number of likely N-dealkylation sites (tertiary alicyclic amines) is 1. The summed E-state index contributed by atoms with van der Waals surface area (Å²) in [6, 6.07) is 17.8. The Bertz CT molecular complexity index is 1210. The summed E-state index contributed by atoms with van der Waals surface area (Å²) < 4.78 is 42.8. The number of anilines is 1. The van der Waals surface area contributed by atoms with Crippen molar-refractivity contribution >= 4 is 27.4 Å². The van der Waals surface area contributed by atoms with Gasteiger partial charge in [0.25, 0.3) is 10.0 Å². The van der Waals surface area contributed by atoms with E-state index >= 15 is 0 Å². The van der Waals surface area contributed by atoms with Crippen LogP contribution < -0.4 is 4.72 Å². The Hall–Kier alpha value is -2.48. The quantitative estimate of drug-likeness (QED) is 0.498. The third-order valence-electron chi connectivity index (χ3n) is 5.69. The lowest BCUT2D eigenvalue weighted by Gasteiger charge is -2.36. The second-order valence-corrected chi connectivity index (χ2v) is 10.1. The molecule has 168 valence electrons. The molecule has 0 radical (unpaired) electrons. The van der Waals surface area contributed by atoms with Crippen LogP contribution in [0.25, 0.3) is 0 Å². The second kappa shape index (κ2) is 9.57. The molecule has 1 aromatic heterocycles. The molecule has 0 spiro atoms. The molecule has 1 N–H and O–H groups in total. The molecule has 0 amide bonds. The van der Waals surface area contributed by atoms with Gasteiger partial charge in [-0.2, -0.15) is 0 Å². The average molecular weight is 474 g/mol. The number of pyridine rings is 1. The van der Waals surface area contributed by atoms with Crippen LogP contribution >= 0.6 is 11.6 Å². The van der Waals surface area contributed by atoms with Gasteiger partial charge in [-0.25, -0.2) is 17.8 Å². The number of halogens is 2. The fourth-order valence-electron chi connectivity index (χ4n) is 4.14. The average Bonchev–Trinajstić information content (AvgIpc) is 2.76. The lowest BCUT2D eigenvalue weighted by molar-refractivity contribution is 0.140. The SMILES string of the molecule is Cc1cccc(NS(=O)(=O)c2cc(Cl)c(CN3CCCC[C@@H]3c3ccccc3)cc2F)n1. The largest absolute Gasteiger partial charge is 0.292 e. The van der Waals surface area contributed by atoms with E-state index in [0.29, 0.717) is 17.8 Å². The predicted octanol–water partition coefficient (Wildman–Crippen LogP) is 5.71. The van der Waals surface area contributed by atoms with Gasteiger partial charge in [0.15, 0.2) is 0 Å². The first kappa shape index (κ1) is 22.7. The zero-order valence-corrected chi connectivity index (χ0v) is 19.3. The molecular weight excluding hydrogens is 449 g/mol. The van der Waals surface area contributed by atoms with E-state index in [9.17, 15) is 12.8 Å². The van der Waals surface area contributed by atoms with Gasteiger partial charge in [0.05, 0.1) is 0 Å². The van der Waals surface area contributed by atoms with Crippen molar-refractivity contribution in [1.82, 2.24) is 9.88 Å². The van der Waals surface area contributed by atoms with Crippen molar-refractivity contribution in [3.05, 3.63) is 88.3 Å². The molecule has 1 atom stereocenters. The summed E-state index contributed by atoms with van der Waals surface area (Å²) >= 11 is 6.45. The number of hydrogen-bond acceptors (Lipinski definition) is 4. The highest BCUT2D eigenvalue weighted by atomic mass is 35.5. The van der Waals surface area contributed by atoms with Crippen molar-refractivity contribution < 1.29 is 12.8 Å². The molecule has 1 aliphatic rings. The molecule has 5 nitrogen and oxygen atoms in total. The van der Waals surface area contributed by atoms with E-state index in [-0.39, 0.29) is 16.9 Å². The topological polar surface area (TPSA) is 62.3 Å². The zero-order chi connectivity index (χ0) is 22.7. The van der Waals surface area contributed by atoms with Crippen molar-refractivity contribution in [2.45, 2.75) is 43.7 Å². The second-order valence-electron chi connectivity index (χ2n) is 8.04. The highest BCUT2D eigenvalue weighted by Gasteiger charge is 2.27. The molecule has 1 saturated heterocycles. The van der Waals surface area contributed by atoms with Crippen LogP contribution in [0.2, 0.25) is 5.02 Å². The van der Waals surface area contributed by atoms with Gasteiger partial charge in [-0.1, -0.05) is 54.4 Å². The third kappa shape index (κ3) is 5.11. The maximum Gasteiger partial charge on any atom is 0.266 e. The lowest BCUT2D eigenvalue weighted by atomic mass is 9.94. The number of sulfonamides is 1. The zero-order valence-electron chi connectivity index (χ0n) is 17.8. The van der Waals surface area contributed by atoms with Crippen LogP contribution in [0.4, 0.5) is 10.2 Å². The molecule has 4 rings (SSSR count). The van der Waals surface area contributed by atoms with Crippen molar-refractivity contribution in [1.29, 1.82) is 0 Å². The molecule has 0 bridgehead atoms. The summed E-state index contributed by atoms with van der Waals surface area (Å²) in [6.07, 6.45) is 3.21. The fraction of sp³-hybridized carbons (Fsp3) is 0.292. The van der Waals surface area contributed by atoms with E-state index in [4.69, 9.17) is 11.6 Å². The molecule has 1 aliphatic heterocycles. The molecule has 3 aromatic rings. The van der Waals surface area contributed by atoms with E-state index in [1.54, 1.807) is 19.1 Å². The molecule has 8 heteroatoms. The van der Waals surface area contributed by atoms with E-state index in [0.717, 1.165) is 25.8 Å². The Morgan fingerprint density at radius 1 is 1.12 bits per heavy atom.